The highest BCUT2D eigenvalue weighted by Crippen LogP contribution is 2.42. The number of hydrogen-bond donors (Lipinski definition) is 1. The molecule has 1 N–H and O–H groups in total. The maximum atomic E-state index is 14.1. The fourth-order valence-corrected chi connectivity index (χ4v) is 7.24. The van der Waals surface area contributed by atoms with Crippen molar-refractivity contribution in [1.29, 1.82) is 0 Å². The zero-order valence-corrected chi connectivity index (χ0v) is 24.7. The van der Waals surface area contributed by atoms with Crippen molar-refractivity contribution < 1.29 is 22.3 Å². The molecule has 4 aromatic rings. The number of aryl methyl sites for hydroxylation is 3. The number of amides is 1. The van der Waals surface area contributed by atoms with E-state index in [1.54, 1.807) is 6.92 Å². The van der Waals surface area contributed by atoms with Crippen LogP contribution < -0.4 is 20.7 Å². The topological polar surface area (TPSA) is 147 Å². The molecule has 0 atom stereocenters. The molecular weight excluding hydrogens is 575 g/mol. The molecule has 1 amide bonds. The number of aromatic nitrogens is 5. The molecule has 0 saturated heterocycles. The third-order valence-corrected chi connectivity index (χ3v) is 11.0. The molecule has 0 aliphatic heterocycles. The fourth-order valence-electron chi connectivity index (χ4n) is 4.63. The number of nitrogens with one attached hydrogen (secondary N) is 1. The van der Waals surface area contributed by atoms with Crippen molar-refractivity contribution in [3.8, 4) is 10.8 Å². The lowest BCUT2D eigenvalue weighted by atomic mass is 10.0. The zero-order valence-electron chi connectivity index (χ0n) is 23.1. The van der Waals surface area contributed by atoms with E-state index in [2.05, 4.69) is 14.9 Å². The van der Waals surface area contributed by atoms with Crippen LogP contribution in [0.3, 0.4) is 0 Å². The minimum atomic E-state index is -4.04. The van der Waals surface area contributed by atoms with Gasteiger partial charge in [-0.2, -0.15) is 10.2 Å². The van der Waals surface area contributed by atoms with Crippen LogP contribution in [0.15, 0.2) is 40.2 Å². The quantitative estimate of drug-likeness (QED) is 0.306. The maximum absolute atomic E-state index is 14.1. The van der Waals surface area contributed by atoms with Gasteiger partial charge >= 0.3 is 5.69 Å². The lowest BCUT2D eigenvalue weighted by molar-refractivity contribution is -0.126. The Labute approximate surface area is 238 Å². The summed E-state index contributed by atoms with van der Waals surface area (Å²) in [6.45, 7) is 5.84. The second-order valence-electron chi connectivity index (χ2n) is 10.8. The van der Waals surface area contributed by atoms with E-state index in [-0.39, 0.29) is 18.4 Å². The van der Waals surface area contributed by atoms with E-state index < -0.39 is 43.3 Å². The van der Waals surface area contributed by atoms with Gasteiger partial charge in [-0.3, -0.25) is 18.9 Å². The third kappa shape index (κ3) is 4.76. The molecule has 1 saturated carbocycles. The summed E-state index contributed by atoms with van der Waals surface area (Å²) < 4.78 is 48.2. The van der Waals surface area contributed by atoms with Crippen molar-refractivity contribution in [2.45, 2.75) is 63.8 Å². The predicted octanol–water partition coefficient (Wildman–Crippen LogP) is 2.24. The molecule has 0 bridgehead atoms. The summed E-state index contributed by atoms with van der Waals surface area (Å²) in [7, 11) is -2.59. The van der Waals surface area contributed by atoms with Crippen LogP contribution in [0, 0.1) is 12.7 Å². The van der Waals surface area contributed by atoms with Crippen LogP contribution >= 0.6 is 11.3 Å². The van der Waals surface area contributed by atoms with Crippen molar-refractivity contribution in [1.82, 2.24) is 28.9 Å². The van der Waals surface area contributed by atoms with Crippen LogP contribution in [-0.2, 0) is 33.3 Å². The Bertz CT molecular complexity index is 1900. The van der Waals surface area contributed by atoms with Crippen LogP contribution in [0.5, 0.6) is 5.75 Å². The summed E-state index contributed by atoms with van der Waals surface area (Å²) in [4.78, 5) is 43.0. The van der Waals surface area contributed by atoms with E-state index in [1.165, 1.54) is 67.8 Å². The number of ether oxygens (including phenoxy) is 1. The largest absolute Gasteiger partial charge is 0.496 e. The number of hydrogen-bond acceptors (Lipinski definition) is 9. The summed E-state index contributed by atoms with van der Waals surface area (Å²) in [5.41, 5.74) is -2.50. The van der Waals surface area contributed by atoms with Gasteiger partial charge in [0.1, 0.15) is 26.9 Å². The van der Waals surface area contributed by atoms with E-state index in [0.717, 1.165) is 15.9 Å². The molecule has 1 aliphatic carbocycles. The van der Waals surface area contributed by atoms with Gasteiger partial charge in [-0.15, -0.1) is 4.80 Å². The van der Waals surface area contributed by atoms with Gasteiger partial charge in [-0.1, -0.05) is 11.3 Å². The molecule has 1 aromatic carbocycles. The summed E-state index contributed by atoms with van der Waals surface area (Å²) >= 11 is 1.12. The van der Waals surface area contributed by atoms with E-state index in [1.807, 2.05) is 0 Å². The molecule has 5 rings (SSSR count). The number of fused-ring (bicyclic) bond motifs is 1. The number of rotatable bonds is 9. The Morgan fingerprint density at radius 2 is 1.88 bits per heavy atom. The molecule has 218 valence electrons. The first kappa shape index (κ1) is 28.7. The third-order valence-electron chi connectivity index (χ3n) is 7.58. The van der Waals surface area contributed by atoms with E-state index in [0.29, 0.717) is 39.5 Å². The Kier molecular flexibility index (Phi) is 6.93. The molecule has 0 unspecified atom stereocenters. The maximum Gasteiger partial charge on any atom is 0.333 e. The molecule has 12 nitrogen and oxygen atoms in total. The summed E-state index contributed by atoms with van der Waals surface area (Å²) in [5, 5.41) is 8.95. The van der Waals surface area contributed by atoms with Gasteiger partial charge in [0, 0.05) is 12.1 Å². The van der Waals surface area contributed by atoms with Crippen molar-refractivity contribution in [2.75, 3.05) is 7.11 Å². The molecular formula is C26H29FN6O6S2. The number of carbonyl (C=O) groups is 1. The fraction of sp³-hybridized carbons (Fsp3) is 0.423. The Morgan fingerprint density at radius 1 is 1.22 bits per heavy atom. The number of benzene rings is 1. The average Bonchev–Trinajstić information content (AvgIpc) is 3.30. The minimum absolute atomic E-state index is 0.00454. The van der Waals surface area contributed by atoms with Crippen molar-refractivity contribution in [3.63, 3.8) is 0 Å². The molecule has 0 radical (unpaired) electrons. The molecule has 3 heterocycles. The van der Waals surface area contributed by atoms with Gasteiger partial charge in [0.25, 0.3) is 11.5 Å². The summed E-state index contributed by atoms with van der Waals surface area (Å²) in [6, 6.07) is 4.04. The lowest BCUT2D eigenvalue weighted by Crippen LogP contribution is -2.57. The number of thiophene rings is 1. The number of carbonyl (C=O) groups excluding carboxylic acids is 1. The van der Waals surface area contributed by atoms with Gasteiger partial charge in [-0.05, 0) is 70.7 Å². The molecule has 1 aliphatic rings. The SMILES string of the molecule is COc1ccc(F)cc1CCn1c(=O)n(C(C)(C)C(=O)NS(=O)(=O)C2(C)CC2)c(=O)c2c(C)c(-n3nccn3)sc21. The van der Waals surface area contributed by atoms with Crippen LogP contribution in [-0.4, -0.2) is 50.3 Å². The highest BCUT2D eigenvalue weighted by Gasteiger charge is 2.52. The lowest BCUT2D eigenvalue weighted by Gasteiger charge is -2.27. The van der Waals surface area contributed by atoms with Crippen molar-refractivity contribution in [2.24, 2.45) is 0 Å². The Morgan fingerprint density at radius 3 is 2.49 bits per heavy atom. The zero-order chi connectivity index (χ0) is 29.9. The van der Waals surface area contributed by atoms with E-state index in [4.69, 9.17) is 4.74 Å². The highest BCUT2D eigenvalue weighted by atomic mass is 32.2. The van der Waals surface area contributed by atoms with E-state index in [9.17, 15) is 27.2 Å². The van der Waals surface area contributed by atoms with Gasteiger partial charge in [0.05, 0.1) is 29.6 Å². The molecule has 3 aromatic heterocycles. The second-order valence-corrected chi connectivity index (χ2v) is 13.9. The number of halogens is 1. The monoisotopic (exact) mass is 604 g/mol. The molecule has 15 heteroatoms. The summed E-state index contributed by atoms with van der Waals surface area (Å²) in [5.74, 6) is -1.07. The molecule has 41 heavy (non-hydrogen) atoms. The standard InChI is InChI=1S/C26H29FN6O6S2/c1-15-19-20(34)32(25(2,3)23(35)30-41(37,38)26(4)9-10-26)24(36)31(22(19)40-21(15)33-28-11-12-29-33)13-8-16-14-17(27)6-7-18(16)39-5/h6-7,11-12,14H,8-10,13H2,1-5H3,(H,30,35). The van der Waals surface area contributed by atoms with Gasteiger partial charge < -0.3 is 4.74 Å². The normalized spacial score (nSPS) is 14.8. The van der Waals surface area contributed by atoms with Gasteiger partial charge in [0.15, 0.2) is 0 Å². The first-order chi connectivity index (χ1) is 19.2. The predicted molar refractivity (Wildman–Crippen MR) is 151 cm³/mol. The number of nitrogens with zero attached hydrogens (tertiary/aromatic N) is 5. The molecule has 0 spiro atoms. The van der Waals surface area contributed by atoms with Crippen molar-refractivity contribution in [3.05, 3.63) is 68.4 Å². The first-order valence-corrected chi connectivity index (χ1v) is 15.1. The smallest absolute Gasteiger partial charge is 0.333 e. The molecule has 1 fully saturated rings. The van der Waals surface area contributed by atoms with Crippen molar-refractivity contribution >= 4 is 37.5 Å². The van der Waals surface area contributed by atoms with Crippen LogP contribution in [0.2, 0.25) is 0 Å². The second kappa shape index (κ2) is 9.91. The highest BCUT2D eigenvalue weighted by molar-refractivity contribution is 7.91. The van der Waals surface area contributed by atoms with Crippen LogP contribution in [0.25, 0.3) is 15.2 Å². The van der Waals surface area contributed by atoms with Gasteiger partial charge in [0.2, 0.25) is 10.0 Å². The number of methoxy groups -OCH3 is 1. The summed E-state index contributed by atoms with van der Waals surface area (Å²) in [6.07, 6.45) is 3.90. The minimum Gasteiger partial charge on any atom is -0.496 e. The Hall–Kier alpha value is -3.85. The van der Waals surface area contributed by atoms with E-state index >= 15 is 0 Å². The average molecular weight is 605 g/mol. The first-order valence-electron chi connectivity index (χ1n) is 12.8. The van der Waals surface area contributed by atoms with Gasteiger partial charge in [-0.25, -0.2) is 22.2 Å². The Balaban J connectivity index is 1.69. The van der Waals surface area contributed by atoms with Crippen LogP contribution in [0.4, 0.5) is 4.39 Å². The number of sulfonamides is 1. The van der Waals surface area contributed by atoms with Crippen LogP contribution in [0.1, 0.15) is 44.7 Å².